The lowest BCUT2D eigenvalue weighted by molar-refractivity contribution is -0.109. The van der Waals surface area contributed by atoms with Crippen LogP contribution in [0.1, 0.15) is 30.3 Å². The molecule has 0 saturated heterocycles. The summed E-state index contributed by atoms with van der Waals surface area (Å²) in [6, 6.07) is 6.19. The number of hydrogen-bond donors (Lipinski definition) is 2. The van der Waals surface area contributed by atoms with Gasteiger partial charge in [-0.15, -0.1) is 0 Å². The average molecular weight is 414 g/mol. The number of H-pyrrole nitrogens is 1. The zero-order valence-electron chi connectivity index (χ0n) is 16.7. The minimum atomic E-state index is -0.158. The van der Waals surface area contributed by atoms with Crippen molar-refractivity contribution in [2.45, 2.75) is 32.4 Å². The maximum atomic E-state index is 13.4. The highest BCUT2D eigenvalue weighted by molar-refractivity contribution is 6.04. The van der Waals surface area contributed by atoms with Gasteiger partial charge in [0.1, 0.15) is 0 Å². The molecule has 31 heavy (non-hydrogen) atoms. The zero-order valence-corrected chi connectivity index (χ0v) is 16.7. The Balaban J connectivity index is 1.65. The second kappa shape index (κ2) is 6.49. The third kappa shape index (κ3) is 2.66. The molecule has 154 valence electrons. The van der Waals surface area contributed by atoms with Crippen molar-refractivity contribution >= 4 is 39.4 Å². The molecule has 1 aliphatic rings. The van der Waals surface area contributed by atoms with E-state index in [0.29, 0.717) is 23.4 Å². The van der Waals surface area contributed by atoms with Gasteiger partial charge in [-0.25, -0.2) is 9.97 Å². The van der Waals surface area contributed by atoms with Gasteiger partial charge in [0, 0.05) is 28.6 Å². The van der Waals surface area contributed by atoms with Crippen LogP contribution in [-0.4, -0.2) is 31.1 Å². The number of carbonyl (C=O) groups is 1. The van der Waals surface area contributed by atoms with Crippen LogP contribution < -0.4 is 10.9 Å². The van der Waals surface area contributed by atoms with Gasteiger partial charge in [0.05, 0.1) is 18.3 Å². The monoisotopic (exact) mass is 414 g/mol. The Morgan fingerprint density at radius 1 is 1.32 bits per heavy atom. The number of aromatic amines is 1. The molecule has 0 bridgehead atoms. The molecule has 1 saturated carbocycles. The molecule has 1 aliphatic carbocycles. The van der Waals surface area contributed by atoms with E-state index >= 15 is 0 Å². The predicted molar refractivity (Wildman–Crippen MR) is 115 cm³/mol. The largest absolute Gasteiger partial charge is 0.438 e. The van der Waals surface area contributed by atoms with Gasteiger partial charge in [-0.05, 0) is 43.0 Å². The van der Waals surface area contributed by atoms with Crippen LogP contribution >= 0.6 is 0 Å². The van der Waals surface area contributed by atoms with Crippen molar-refractivity contribution in [3.05, 3.63) is 52.4 Å². The average Bonchev–Trinajstić information content (AvgIpc) is 3.33. The molecule has 1 aromatic carbocycles. The minimum Gasteiger partial charge on any atom is -0.438 e. The van der Waals surface area contributed by atoms with Crippen molar-refractivity contribution in [1.82, 2.24) is 30.0 Å². The number of amides is 1. The van der Waals surface area contributed by atoms with Gasteiger partial charge in [-0.3, -0.25) is 14.7 Å². The van der Waals surface area contributed by atoms with Gasteiger partial charge >= 0.3 is 0 Å². The summed E-state index contributed by atoms with van der Waals surface area (Å²) in [6.45, 7) is 2.16. The molecule has 6 rings (SSSR count). The minimum absolute atomic E-state index is 0.135. The SMILES string of the molecule is Cc1c(-c2cnc3[nH]ncc3c2)ccc2c3oc(CNC=O)nc3c(=O)n(C3CC3)c12. The topological polar surface area (TPSA) is 119 Å². The van der Waals surface area contributed by atoms with Crippen LogP contribution in [0.3, 0.4) is 0 Å². The summed E-state index contributed by atoms with van der Waals surface area (Å²) in [6.07, 6.45) is 6.06. The van der Waals surface area contributed by atoms with Gasteiger partial charge in [-0.1, -0.05) is 6.07 Å². The number of aryl methyl sites for hydroxylation is 1. The third-order valence-corrected chi connectivity index (χ3v) is 5.86. The van der Waals surface area contributed by atoms with Crippen molar-refractivity contribution in [3.63, 3.8) is 0 Å². The number of pyridine rings is 2. The van der Waals surface area contributed by atoms with Crippen LogP contribution in [0.2, 0.25) is 0 Å². The normalized spacial score (nSPS) is 14.0. The highest BCUT2D eigenvalue weighted by Crippen LogP contribution is 2.40. The summed E-state index contributed by atoms with van der Waals surface area (Å²) in [4.78, 5) is 32.9. The second-order valence-corrected chi connectivity index (χ2v) is 7.86. The second-order valence-electron chi connectivity index (χ2n) is 7.86. The van der Waals surface area contributed by atoms with Gasteiger partial charge in [-0.2, -0.15) is 5.10 Å². The molecule has 1 amide bonds. The summed E-state index contributed by atoms with van der Waals surface area (Å²) in [7, 11) is 0. The fraction of sp³-hybridized carbons (Fsp3) is 0.227. The first-order chi connectivity index (χ1) is 15.2. The number of benzene rings is 1. The van der Waals surface area contributed by atoms with E-state index in [4.69, 9.17) is 4.42 Å². The maximum Gasteiger partial charge on any atom is 0.281 e. The van der Waals surface area contributed by atoms with Crippen LogP contribution in [-0.2, 0) is 11.3 Å². The van der Waals surface area contributed by atoms with Gasteiger partial charge in [0.25, 0.3) is 5.56 Å². The fourth-order valence-electron chi connectivity index (χ4n) is 4.28. The van der Waals surface area contributed by atoms with Crippen molar-refractivity contribution in [2.75, 3.05) is 0 Å². The Labute approximate surface area is 175 Å². The number of oxazole rings is 1. The summed E-state index contributed by atoms with van der Waals surface area (Å²) >= 11 is 0. The predicted octanol–water partition coefficient (Wildman–Crippen LogP) is 2.97. The van der Waals surface area contributed by atoms with E-state index in [1.54, 1.807) is 6.20 Å². The molecular formula is C22H18N6O3. The van der Waals surface area contributed by atoms with E-state index in [0.717, 1.165) is 51.5 Å². The number of fused-ring (bicyclic) bond motifs is 4. The zero-order chi connectivity index (χ0) is 21.1. The van der Waals surface area contributed by atoms with E-state index in [-0.39, 0.29) is 18.1 Å². The van der Waals surface area contributed by atoms with Crippen molar-refractivity contribution < 1.29 is 9.21 Å². The molecule has 2 N–H and O–H groups in total. The van der Waals surface area contributed by atoms with E-state index in [9.17, 15) is 9.59 Å². The highest BCUT2D eigenvalue weighted by atomic mass is 16.3. The Morgan fingerprint density at radius 3 is 3.00 bits per heavy atom. The van der Waals surface area contributed by atoms with Gasteiger partial charge in [0.15, 0.2) is 16.7 Å². The van der Waals surface area contributed by atoms with E-state index in [1.807, 2.05) is 35.9 Å². The molecule has 0 spiro atoms. The quantitative estimate of drug-likeness (QED) is 0.427. The lowest BCUT2D eigenvalue weighted by atomic mass is 9.97. The Hall–Kier alpha value is -4.01. The van der Waals surface area contributed by atoms with E-state index < -0.39 is 0 Å². The first-order valence-electron chi connectivity index (χ1n) is 10.1. The Bertz CT molecular complexity index is 1560. The van der Waals surface area contributed by atoms with E-state index in [2.05, 4.69) is 25.5 Å². The molecule has 9 heteroatoms. The number of aromatic nitrogens is 5. The Kier molecular flexibility index (Phi) is 3.73. The van der Waals surface area contributed by atoms with Crippen LogP contribution in [0.5, 0.6) is 0 Å². The number of nitrogens with one attached hydrogen (secondary N) is 2. The third-order valence-electron chi connectivity index (χ3n) is 5.86. The summed E-state index contributed by atoms with van der Waals surface area (Å²) < 4.78 is 7.76. The molecule has 0 unspecified atom stereocenters. The van der Waals surface area contributed by atoms with Crippen molar-refractivity contribution in [3.8, 4) is 11.1 Å². The molecule has 5 aromatic rings. The Morgan fingerprint density at radius 2 is 2.19 bits per heavy atom. The number of rotatable bonds is 5. The van der Waals surface area contributed by atoms with Crippen molar-refractivity contribution in [1.29, 1.82) is 0 Å². The smallest absolute Gasteiger partial charge is 0.281 e. The molecule has 1 fully saturated rings. The lowest BCUT2D eigenvalue weighted by Crippen LogP contribution is -2.21. The molecular weight excluding hydrogens is 396 g/mol. The molecule has 9 nitrogen and oxygen atoms in total. The first kappa shape index (κ1) is 17.8. The van der Waals surface area contributed by atoms with Crippen LogP contribution in [0.4, 0.5) is 0 Å². The molecule has 0 atom stereocenters. The van der Waals surface area contributed by atoms with E-state index in [1.165, 1.54) is 0 Å². The first-order valence-corrected chi connectivity index (χ1v) is 10.1. The number of hydrogen-bond acceptors (Lipinski definition) is 6. The lowest BCUT2D eigenvalue weighted by Gasteiger charge is -2.15. The van der Waals surface area contributed by atoms with Crippen LogP contribution in [0.25, 0.3) is 44.2 Å². The van der Waals surface area contributed by atoms with Crippen LogP contribution in [0.15, 0.2) is 39.8 Å². The summed E-state index contributed by atoms with van der Waals surface area (Å²) in [5.41, 5.74) is 5.13. The molecule has 4 heterocycles. The van der Waals surface area contributed by atoms with Gasteiger partial charge < -0.3 is 14.3 Å². The maximum absolute atomic E-state index is 13.4. The highest BCUT2D eigenvalue weighted by Gasteiger charge is 2.30. The molecule has 0 aliphatic heterocycles. The van der Waals surface area contributed by atoms with Crippen molar-refractivity contribution in [2.24, 2.45) is 0 Å². The number of carbonyl (C=O) groups excluding carboxylic acids is 1. The molecule has 4 aromatic heterocycles. The fourth-order valence-corrected chi connectivity index (χ4v) is 4.28. The summed E-state index contributed by atoms with van der Waals surface area (Å²) in [5, 5.41) is 11.2. The van der Waals surface area contributed by atoms with Crippen LogP contribution in [0, 0.1) is 6.92 Å². The van der Waals surface area contributed by atoms with Gasteiger partial charge in [0.2, 0.25) is 12.3 Å². The standard InChI is InChI=1S/C22H18N6O3/c1-11-15(12-6-13-8-25-27-21(13)24-7-12)4-5-16-19(11)28(14-2-3-14)22(30)18-20(16)31-17(26-18)9-23-10-29/h4-8,10,14H,2-3,9H2,1H3,(H,23,29)(H,24,25,27). The summed E-state index contributed by atoms with van der Waals surface area (Å²) in [5.74, 6) is 0.311. The number of nitrogens with zero attached hydrogens (tertiary/aromatic N) is 4. The molecule has 0 radical (unpaired) electrons.